The smallest absolute Gasteiger partial charge is 0.220 e. The Morgan fingerprint density at radius 1 is 1.60 bits per heavy atom. The van der Waals surface area contributed by atoms with E-state index in [-0.39, 0.29) is 11.4 Å². The maximum atomic E-state index is 11.3. The number of carbonyl (C=O) groups is 1. The third-order valence-corrected chi connectivity index (χ3v) is 2.61. The van der Waals surface area contributed by atoms with E-state index in [0.717, 1.165) is 5.75 Å². The van der Waals surface area contributed by atoms with Crippen LogP contribution in [0.4, 0.5) is 0 Å². The van der Waals surface area contributed by atoms with Gasteiger partial charge in [0.15, 0.2) is 0 Å². The van der Waals surface area contributed by atoms with Gasteiger partial charge in [-0.15, -0.1) is 18.2 Å². The number of terminal acetylenes is 1. The summed E-state index contributed by atoms with van der Waals surface area (Å²) < 4.78 is 0. The quantitative estimate of drug-likeness (QED) is 0.504. The standard InChI is InChI=1S/C11H20N2OS/c1-4-8-15-9-7-13-10(14)5-6-11(2,3)12/h1H,5-9,12H2,2-3H3,(H,13,14). The molecule has 0 aromatic carbocycles. The first-order valence-electron chi connectivity index (χ1n) is 5.02. The number of nitrogens with two attached hydrogens (primary N) is 1. The van der Waals surface area contributed by atoms with Crippen LogP contribution in [-0.4, -0.2) is 29.5 Å². The zero-order valence-corrected chi connectivity index (χ0v) is 10.3. The third-order valence-electron chi connectivity index (χ3n) is 1.75. The summed E-state index contributed by atoms with van der Waals surface area (Å²) in [7, 11) is 0. The summed E-state index contributed by atoms with van der Waals surface area (Å²) in [6.45, 7) is 4.52. The van der Waals surface area contributed by atoms with Gasteiger partial charge in [0, 0.05) is 24.3 Å². The fraction of sp³-hybridized carbons (Fsp3) is 0.727. The van der Waals surface area contributed by atoms with Crippen LogP contribution in [0, 0.1) is 12.3 Å². The molecule has 0 aliphatic rings. The molecule has 0 heterocycles. The van der Waals surface area contributed by atoms with Crippen LogP contribution in [0.3, 0.4) is 0 Å². The molecule has 0 bridgehead atoms. The number of nitrogens with one attached hydrogen (secondary N) is 1. The second kappa shape index (κ2) is 7.61. The molecule has 0 atom stereocenters. The van der Waals surface area contributed by atoms with Gasteiger partial charge in [0.2, 0.25) is 5.91 Å². The van der Waals surface area contributed by atoms with Crippen molar-refractivity contribution in [2.24, 2.45) is 5.73 Å². The minimum atomic E-state index is -0.268. The molecule has 0 spiro atoms. The van der Waals surface area contributed by atoms with E-state index in [0.29, 0.717) is 25.1 Å². The number of amides is 1. The van der Waals surface area contributed by atoms with Crippen LogP contribution in [0.5, 0.6) is 0 Å². The topological polar surface area (TPSA) is 55.1 Å². The van der Waals surface area contributed by atoms with Crippen LogP contribution in [0.25, 0.3) is 0 Å². The Labute approximate surface area is 96.6 Å². The van der Waals surface area contributed by atoms with E-state index >= 15 is 0 Å². The Bertz CT molecular complexity index is 228. The molecule has 3 nitrogen and oxygen atoms in total. The molecule has 15 heavy (non-hydrogen) atoms. The summed E-state index contributed by atoms with van der Waals surface area (Å²) in [5, 5.41) is 2.83. The van der Waals surface area contributed by atoms with Crippen LogP contribution in [0.2, 0.25) is 0 Å². The molecule has 3 N–H and O–H groups in total. The zero-order chi connectivity index (χ0) is 11.7. The molecular weight excluding hydrogens is 208 g/mol. The van der Waals surface area contributed by atoms with Gasteiger partial charge in [-0.1, -0.05) is 5.92 Å². The van der Waals surface area contributed by atoms with E-state index < -0.39 is 0 Å². The fourth-order valence-corrected chi connectivity index (χ4v) is 1.43. The Morgan fingerprint density at radius 2 is 2.27 bits per heavy atom. The first-order chi connectivity index (χ1) is 6.95. The second-order valence-corrected chi connectivity index (χ2v) is 5.20. The minimum absolute atomic E-state index is 0.0647. The van der Waals surface area contributed by atoms with Gasteiger partial charge in [-0.25, -0.2) is 0 Å². The Kier molecular flexibility index (Phi) is 7.27. The number of thioether (sulfide) groups is 1. The number of carbonyl (C=O) groups excluding carboxylic acids is 1. The van der Waals surface area contributed by atoms with Crippen molar-refractivity contribution in [3.8, 4) is 12.3 Å². The summed E-state index contributed by atoms with van der Waals surface area (Å²) in [6, 6.07) is 0. The van der Waals surface area contributed by atoms with Crippen molar-refractivity contribution in [3.05, 3.63) is 0 Å². The summed E-state index contributed by atoms with van der Waals surface area (Å²) in [5.74, 6) is 4.16. The van der Waals surface area contributed by atoms with E-state index in [9.17, 15) is 4.79 Å². The Hall–Kier alpha value is -0.660. The van der Waals surface area contributed by atoms with Crippen LogP contribution in [0.15, 0.2) is 0 Å². The average Bonchev–Trinajstić information content (AvgIpc) is 2.13. The normalized spacial score (nSPS) is 10.8. The molecule has 0 unspecified atom stereocenters. The van der Waals surface area contributed by atoms with Gasteiger partial charge in [0.1, 0.15) is 0 Å². The van der Waals surface area contributed by atoms with Crippen molar-refractivity contribution in [1.29, 1.82) is 0 Å². The molecule has 0 aromatic rings. The predicted molar refractivity (Wildman–Crippen MR) is 66.7 cm³/mol. The lowest BCUT2D eigenvalue weighted by molar-refractivity contribution is -0.121. The van der Waals surface area contributed by atoms with Crippen LogP contribution in [-0.2, 0) is 4.79 Å². The third kappa shape index (κ3) is 11.3. The highest BCUT2D eigenvalue weighted by Crippen LogP contribution is 2.06. The molecule has 0 fully saturated rings. The second-order valence-electron chi connectivity index (χ2n) is 4.10. The lowest BCUT2D eigenvalue weighted by Crippen LogP contribution is -2.34. The molecule has 0 saturated carbocycles. The summed E-state index contributed by atoms with van der Waals surface area (Å²) in [4.78, 5) is 11.3. The van der Waals surface area contributed by atoms with Crippen molar-refractivity contribution in [2.75, 3.05) is 18.1 Å². The van der Waals surface area contributed by atoms with Crippen molar-refractivity contribution < 1.29 is 4.79 Å². The van der Waals surface area contributed by atoms with E-state index in [4.69, 9.17) is 12.2 Å². The van der Waals surface area contributed by atoms with Crippen molar-refractivity contribution in [1.82, 2.24) is 5.32 Å². The summed E-state index contributed by atoms with van der Waals surface area (Å²) in [5.41, 5.74) is 5.50. The number of hydrogen-bond acceptors (Lipinski definition) is 3. The highest BCUT2D eigenvalue weighted by atomic mass is 32.2. The first-order valence-corrected chi connectivity index (χ1v) is 6.18. The lowest BCUT2D eigenvalue weighted by Gasteiger charge is -2.17. The van der Waals surface area contributed by atoms with Gasteiger partial charge < -0.3 is 11.1 Å². The van der Waals surface area contributed by atoms with Gasteiger partial charge in [0.05, 0.1) is 5.75 Å². The molecular formula is C11H20N2OS. The van der Waals surface area contributed by atoms with Crippen LogP contribution in [0.1, 0.15) is 26.7 Å². The van der Waals surface area contributed by atoms with Crippen molar-refractivity contribution >= 4 is 17.7 Å². The molecule has 0 radical (unpaired) electrons. The summed E-state index contributed by atoms with van der Waals surface area (Å²) >= 11 is 1.64. The van der Waals surface area contributed by atoms with Gasteiger partial charge in [-0.05, 0) is 20.3 Å². The van der Waals surface area contributed by atoms with Gasteiger partial charge in [0.25, 0.3) is 0 Å². The molecule has 0 aliphatic carbocycles. The van der Waals surface area contributed by atoms with Crippen LogP contribution < -0.4 is 11.1 Å². The highest BCUT2D eigenvalue weighted by Gasteiger charge is 2.12. The fourth-order valence-electron chi connectivity index (χ4n) is 0.918. The molecule has 86 valence electrons. The molecule has 0 saturated heterocycles. The van der Waals surface area contributed by atoms with Crippen LogP contribution >= 0.6 is 11.8 Å². The minimum Gasteiger partial charge on any atom is -0.355 e. The van der Waals surface area contributed by atoms with E-state index in [1.807, 2.05) is 13.8 Å². The zero-order valence-electron chi connectivity index (χ0n) is 9.51. The van der Waals surface area contributed by atoms with E-state index in [1.165, 1.54) is 0 Å². The SMILES string of the molecule is C#CCSCCNC(=O)CCC(C)(C)N. The van der Waals surface area contributed by atoms with Crippen molar-refractivity contribution in [3.63, 3.8) is 0 Å². The number of hydrogen-bond donors (Lipinski definition) is 2. The molecule has 1 amide bonds. The predicted octanol–water partition coefficient (Wildman–Crippen LogP) is 0.986. The van der Waals surface area contributed by atoms with Crippen molar-refractivity contribution in [2.45, 2.75) is 32.2 Å². The summed E-state index contributed by atoms with van der Waals surface area (Å²) in [6.07, 6.45) is 6.29. The molecule has 0 aliphatic heterocycles. The lowest BCUT2D eigenvalue weighted by atomic mass is 10.00. The molecule has 0 aromatic heterocycles. The Morgan fingerprint density at radius 3 is 2.80 bits per heavy atom. The molecule has 0 rings (SSSR count). The van der Waals surface area contributed by atoms with Gasteiger partial charge in [-0.2, -0.15) is 0 Å². The average molecular weight is 228 g/mol. The largest absolute Gasteiger partial charge is 0.355 e. The van der Waals surface area contributed by atoms with E-state index in [2.05, 4.69) is 11.2 Å². The Balaban J connectivity index is 3.39. The molecule has 4 heteroatoms. The first kappa shape index (κ1) is 14.3. The number of rotatable bonds is 7. The monoisotopic (exact) mass is 228 g/mol. The van der Waals surface area contributed by atoms with Gasteiger partial charge in [-0.3, -0.25) is 4.79 Å². The maximum Gasteiger partial charge on any atom is 0.220 e. The van der Waals surface area contributed by atoms with Gasteiger partial charge >= 0.3 is 0 Å². The maximum absolute atomic E-state index is 11.3. The highest BCUT2D eigenvalue weighted by molar-refractivity contribution is 7.99. The van der Waals surface area contributed by atoms with E-state index in [1.54, 1.807) is 11.8 Å².